The van der Waals surface area contributed by atoms with E-state index in [0.29, 0.717) is 25.4 Å². The van der Waals surface area contributed by atoms with Gasteiger partial charge in [-0.2, -0.15) is 0 Å². The number of benzene rings is 1. The maximum atomic E-state index is 13.0. The zero-order valence-electron chi connectivity index (χ0n) is 11.0. The lowest BCUT2D eigenvalue weighted by molar-refractivity contribution is -0.120. The fraction of sp³-hybridized carbons (Fsp3) is 0.462. The molecule has 1 aromatic rings. The lowest BCUT2D eigenvalue weighted by atomic mass is 10.2. The van der Waals surface area contributed by atoms with Gasteiger partial charge in [0.15, 0.2) is 0 Å². The molecule has 1 saturated heterocycles. The Morgan fingerprint density at radius 1 is 1.60 bits per heavy atom. The molecule has 4 N–H and O–H groups in total. The van der Waals surface area contributed by atoms with Crippen LogP contribution in [0.4, 0.5) is 15.8 Å². The van der Waals surface area contributed by atoms with Crippen LogP contribution in [0.5, 0.6) is 0 Å². The molecule has 1 fully saturated rings. The Balaban J connectivity index is 1.92. The Bertz CT molecular complexity index is 484. The molecule has 0 radical (unpaired) electrons. The number of rotatable bonds is 4. The first kappa shape index (κ1) is 14.7. The summed E-state index contributed by atoms with van der Waals surface area (Å²) in [4.78, 5) is 13.8. The van der Waals surface area contributed by atoms with Crippen molar-refractivity contribution in [1.29, 1.82) is 0 Å². The van der Waals surface area contributed by atoms with Gasteiger partial charge in [0, 0.05) is 12.2 Å². The minimum Gasteiger partial charge on any atom is -0.396 e. The Morgan fingerprint density at radius 3 is 3.10 bits per heavy atom. The normalized spacial score (nSPS) is 19.8. The highest BCUT2D eigenvalue weighted by molar-refractivity contribution is 5.92. The molecule has 2 rings (SSSR count). The number of aliphatic hydroxyl groups is 1. The van der Waals surface area contributed by atoms with Crippen molar-refractivity contribution in [3.63, 3.8) is 0 Å². The SMILES string of the molecule is Nc1cc(NC(=O)CN2CCOCC2CO)ccc1F. The Hall–Kier alpha value is -1.70. The second-order valence-corrected chi connectivity index (χ2v) is 4.67. The average molecular weight is 283 g/mol. The molecular formula is C13H18FN3O3. The lowest BCUT2D eigenvalue weighted by Crippen LogP contribution is -2.50. The summed E-state index contributed by atoms with van der Waals surface area (Å²) in [7, 11) is 0. The molecule has 110 valence electrons. The highest BCUT2D eigenvalue weighted by Gasteiger charge is 2.24. The van der Waals surface area contributed by atoms with Crippen molar-refractivity contribution < 1.29 is 19.0 Å². The zero-order valence-corrected chi connectivity index (χ0v) is 11.0. The standard InChI is InChI=1S/C13H18FN3O3/c14-11-2-1-9(5-12(11)15)16-13(19)6-17-3-4-20-8-10(17)7-18/h1-2,5,10,18H,3-4,6-8,15H2,(H,16,19). The first-order valence-electron chi connectivity index (χ1n) is 6.37. The van der Waals surface area contributed by atoms with Crippen LogP contribution in [-0.4, -0.2) is 54.9 Å². The van der Waals surface area contributed by atoms with Crippen LogP contribution in [0.3, 0.4) is 0 Å². The number of carbonyl (C=O) groups is 1. The van der Waals surface area contributed by atoms with E-state index in [1.54, 1.807) is 0 Å². The molecular weight excluding hydrogens is 265 g/mol. The molecule has 1 aliphatic heterocycles. The van der Waals surface area contributed by atoms with E-state index in [4.69, 9.17) is 10.5 Å². The number of amides is 1. The van der Waals surface area contributed by atoms with Crippen molar-refractivity contribution in [3.05, 3.63) is 24.0 Å². The number of hydrogen-bond donors (Lipinski definition) is 3. The summed E-state index contributed by atoms with van der Waals surface area (Å²) in [6.07, 6.45) is 0. The van der Waals surface area contributed by atoms with E-state index < -0.39 is 5.82 Å². The van der Waals surface area contributed by atoms with Gasteiger partial charge in [-0.25, -0.2) is 4.39 Å². The largest absolute Gasteiger partial charge is 0.396 e. The second-order valence-electron chi connectivity index (χ2n) is 4.67. The highest BCUT2D eigenvalue weighted by Crippen LogP contribution is 2.16. The van der Waals surface area contributed by atoms with Gasteiger partial charge in [-0.15, -0.1) is 0 Å². The van der Waals surface area contributed by atoms with E-state index in [1.807, 2.05) is 4.90 Å². The van der Waals surface area contributed by atoms with E-state index in [-0.39, 0.29) is 30.8 Å². The van der Waals surface area contributed by atoms with Crippen LogP contribution >= 0.6 is 0 Å². The summed E-state index contributed by atoms with van der Waals surface area (Å²) in [5, 5.41) is 11.9. The molecule has 1 aliphatic rings. The third kappa shape index (κ3) is 3.66. The minimum absolute atomic E-state index is 0.0117. The van der Waals surface area contributed by atoms with Crippen LogP contribution in [0, 0.1) is 5.82 Å². The summed E-state index contributed by atoms with van der Waals surface area (Å²) >= 11 is 0. The maximum Gasteiger partial charge on any atom is 0.238 e. The summed E-state index contributed by atoms with van der Waals surface area (Å²) in [5.74, 6) is -0.757. The van der Waals surface area contributed by atoms with Gasteiger partial charge in [0.1, 0.15) is 5.82 Å². The smallest absolute Gasteiger partial charge is 0.238 e. The quantitative estimate of drug-likeness (QED) is 0.679. The number of hydrogen-bond acceptors (Lipinski definition) is 5. The molecule has 1 aromatic carbocycles. The number of carbonyl (C=O) groups excluding carboxylic acids is 1. The molecule has 0 bridgehead atoms. The summed E-state index contributed by atoms with van der Waals surface area (Å²) in [6.45, 7) is 1.62. The van der Waals surface area contributed by atoms with Crippen molar-refractivity contribution in [1.82, 2.24) is 4.90 Å². The van der Waals surface area contributed by atoms with E-state index in [2.05, 4.69) is 5.32 Å². The van der Waals surface area contributed by atoms with Crippen molar-refractivity contribution in [3.8, 4) is 0 Å². The number of halogens is 1. The van der Waals surface area contributed by atoms with Crippen molar-refractivity contribution in [2.24, 2.45) is 0 Å². The monoisotopic (exact) mass is 283 g/mol. The number of aliphatic hydroxyl groups excluding tert-OH is 1. The molecule has 0 spiro atoms. The Labute approximate surface area is 116 Å². The van der Waals surface area contributed by atoms with E-state index in [9.17, 15) is 14.3 Å². The number of nitrogens with one attached hydrogen (secondary N) is 1. The molecule has 0 aliphatic carbocycles. The molecule has 1 unspecified atom stereocenters. The predicted octanol–water partition coefficient (Wildman–Crippen LogP) is 0.0395. The van der Waals surface area contributed by atoms with Gasteiger partial charge in [0.25, 0.3) is 0 Å². The molecule has 6 nitrogen and oxygen atoms in total. The van der Waals surface area contributed by atoms with Crippen LogP contribution in [0.25, 0.3) is 0 Å². The van der Waals surface area contributed by atoms with Gasteiger partial charge >= 0.3 is 0 Å². The number of nitrogens with zero attached hydrogens (tertiary/aromatic N) is 1. The molecule has 0 saturated carbocycles. The first-order chi connectivity index (χ1) is 9.60. The number of nitrogens with two attached hydrogens (primary N) is 1. The molecule has 7 heteroatoms. The fourth-order valence-corrected chi connectivity index (χ4v) is 2.07. The van der Waals surface area contributed by atoms with Crippen molar-refractivity contribution in [2.75, 3.05) is 44.0 Å². The van der Waals surface area contributed by atoms with Crippen LogP contribution in [0.1, 0.15) is 0 Å². The predicted molar refractivity (Wildman–Crippen MR) is 72.7 cm³/mol. The van der Waals surface area contributed by atoms with E-state index in [0.717, 1.165) is 0 Å². The van der Waals surface area contributed by atoms with Crippen molar-refractivity contribution in [2.45, 2.75) is 6.04 Å². The summed E-state index contributed by atoms with van der Waals surface area (Å²) < 4.78 is 18.3. The maximum absolute atomic E-state index is 13.0. The van der Waals surface area contributed by atoms with Crippen LogP contribution in [-0.2, 0) is 9.53 Å². The Kier molecular flexibility index (Phi) is 4.89. The van der Waals surface area contributed by atoms with Gasteiger partial charge < -0.3 is 20.9 Å². The highest BCUT2D eigenvalue weighted by atomic mass is 19.1. The summed E-state index contributed by atoms with van der Waals surface area (Å²) in [6, 6.07) is 3.85. The second kappa shape index (κ2) is 6.65. The molecule has 0 aromatic heterocycles. The van der Waals surface area contributed by atoms with E-state index >= 15 is 0 Å². The van der Waals surface area contributed by atoms with E-state index in [1.165, 1.54) is 18.2 Å². The Morgan fingerprint density at radius 2 is 2.40 bits per heavy atom. The van der Waals surface area contributed by atoms with Crippen LogP contribution in [0.2, 0.25) is 0 Å². The average Bonchev–Trinajstić information content (AvgIpc) is 2.43. The van der Waals surface area contributed by atoms with Crippen LogP contribution < -0.4 is 11.1 Å². The summed E-state index contributed by atoms with van der Waals surface area (Å²) in [5.41, 5.74) is 5.87. The van der Waals surface area contributed by atoms with Gasteiger partial charge in [0.05, 0.1) is 38.1 Å². The first-order valence-corrected chi connectivity index (χ1v) is 6.37. The van der Waals surface area contributed by atoms with Gasteiger partial charge in [-0.3, -0.25) is 9.69 Å². The fourth-order valence-electron chi connectivity index (χ4n) is 2.07. The van der Waals surface area contributed by atoms with Crippen LogP contribution in [0.15, 0.2) is 18.2 Å². The number of nitrogen functional groups attached to an aromatic ring is 1. The minimum atomic E-state index is -0.517. The molecule has 1 amide bonds. The number of ether oxygens (including phenoxy) is 1. The van der Waals surface area contributed by atoms with Gasteiger partial charge in [-0.1, -0.05) is 0 Å². The van der Waals surface area contributed by atoms with Crippen molar-refractivity contribution >= 4 is 17.3 Å². The molecule has 1 heterocycles. The third-order valence-corrected chi connectivity index (χ3v) is 3.19. The van der Waals surface area contributed by atoms with Gasteiger partial charge in [0.2, 0.25) is 5.91 Å². The van der Waals surface area contributed by atoms with Gasteiger partial charge in [-0.05, 0) is 18.2 Å². The number of anilines is 2. The topological polar surface area (TPSA) is 87.8 Å². The zero-order chi connectivity index (χ0) is 14.5. The third-order valence-electron chi connectivity index (χ3n) is 3.19. The lowest BCUT2D eigenvalue weighted by Gasteiger charge is -2.33. The molecule has 20 heavy (non-hydrogen) atoms. The molecule has 1 atom stereocenters. The number of morpholine rings is 1.